The summed E-state index contributed by atoms with van der Waals surface area (Å²) in [4.78, 5) is 0. The Morgan fingerprint density at radius 3 is 2.15 bits per heavy atom. The lowest BCUT2D eigenvalue weighted by atomic mass is 9.82. The minimum absolute atomic E-state index is 0.00507. The summed E-state index contributed by atoms with van der Waals surface area (Å²) in [6.07, 6.45) is -0.420. The molecule has 0 atom stereocenters. The first kappa shape index (κ1) is 12.8. The Morgan fingerprint density at radius 2 is 1.85 bits per heavy atom. The highest BCUT2D eigenvalue weighted by Gasteiger charge is 2.23. The van der Waals surface area contributed by atoms with E-state index in [0.717, 1.165) is 12.8 Å². The van der Waals surface area contributed by atoms with Gasteiger partial charge in [0.25, 0.3) is 6.43 Å². The minimum atomic E-state index is -2.27. The maximum absolute atomic E-state index is 11.8. The maximum atomic E-state index is 11.8. The van der Waals surface area contributed by atoms with Gasteiger partial charge in [0.15, 0.2) is 0 Å². The maximum Gasteiger partial charge on any atom is 0.250 e. The molecule has 0 saturated carbocycles. The van der Waals surface area contributed by atoms with Gasteiger partial charge in [-0.15, -0.1) is 0 Å². The summed E-state index contributed by atoms with van der Waals surface area (Å²) < 4.78 is 23.7. The highest BCUT2D eigenvalue weighted by Crippen LogP contribution is 2.23. The fourth-order valence-corrected chi connectivity index (χ4v) is 1.31. The van der Waals surface area contributed by atoms with Crippen LogP contribution in [0.1, 0.15) is 26.7 Å². The first-order valence-corrected chi connectivity index (χ1v) is 4.79. The van der Waals surface area contributed by atoms with E-state index in [-0.39, 0.29) is 12.0 Å². The van der Waals surface area contributed by atoms with Crippen LogP contribution in [0.5, 0.6) is 0 Å². The Balaban J connectivity index is 3.81. The Morgan fingerprint density at radius 1 is 1.31 bits per heavy atom. The number of nitrogens with one attached hydrogen (secondary N) is 1. The van der Waals surface area contributed by atoms with E-state index >= 15 is 0 Å². The molecule has 0 rings (SSSR count). The summed E-state index contributed by atoms with van der Waals surface area (Å²) in [7, 11) is 0. The average molecular weight is 194 g/mol. The Kier molecular flexibility index (Phi) is 6.16. The van der Waals surface area contributed by atoms with Crippen molar-refractivity contribution in [2.75, 3.05) is 19.6 Å². The van der Waals surface area contributed by atoms with E-state index in [2.05, 4.69) is 5.32 Å². The molecule has 80 valence electrons. The summed E-state index contributed by atoms with van der Waals surface area (Å²) in [6.45, 7) is 4.99. The summed E-state index contributed by atoms with van der Waals surface area (Å²) in [6, 6.07) is 0. The van der Waals surface area contributed by atoms with Crippen LogP contribution < -0.4 is 11.1 Å². The Hall–Kier alpha value is -0.220. The van der Waals surface area contributed by atoms with Crippen molar-refractivity contribution in [2.45, 2.75) is 33.1 Å². The molecule has 2 nitrogen and oxygen atoms in total. The third kappa shape index (κ3) is 4.52. The van der Waals surface area contributed by atoms with Crippen LogP contribution in [-0.4, -0.2) is 26.1 Å². The molecule has 0 bridgehead atoms. The topological polar surface area (TPSA) is 38.0 Å². The van der Waals surface area contributed by atoms with E-state index in [1.807, 2.05) is 13.8 Å². The van der Waals surface area contributed by atoms with Crippen LogP contribution in [0.3, 0.4) is 0 Å². The zero-order chi connectivity index (χ0) is 10.3. The number of nitrogens with two attached hydrogens (primary N) is 1. The van der Waals surface area contributed by atoms with Crippen LogP contribution in [0, 0.1) is 5.41 Å². The molecule has 0 spiro atoms. The lowest BCUT2D eigenvalue weighted by molar-refractivity contribution is 0.137. The quantitative estimate of drug-likeness (QED) is 0.646. The van der Waals surface area contributed by atoms with E-state index in [0.29, 0.717) is 13.1 Å². The van der Waals surface area contributed by atoms with Crippen molar-refractivity contribution in [3.63, 3.8) is 0 Å². The second-order valence-electron chi connectivity index (χ2n) is 3.43. The van der Waals surface area contributed by atoms with E-state index in [4.69, 9.17) is 5.73 Å². The van der Waals surface area contributed by atoms with Gasteiger partial charge < -0.3 is 11.1 Å². The van der Waals surface area contributed by atoms with Crippen LogP contribution in [0.25, 0.3) is 0 Å². The Bertz CT molecular complexity index is 117. The summed E-state index contributed by atoms with van der Waals surface area (Å²) in [5, 5.41) is 2.75. The van der Waals surface area contributed by atoms with Crippen LogP contribution in [-0.2, 0) is 0 Å². The lowest BCUT2D eigenvalue weighted by Gasteiger charge is -2.30. The van der Waals surface area contributed by atoms with Crippen LogP contribution >= 0.6 is 0 Å². The zero-order valence-corrected chi connectivity index (χ0v) is 8.45. The third-order valence-electron chi connectivity index (χ3n) is 2.73. The molecule has 0 fully saturated rings. The smallest absolute Gasteiger partial charge is 0.250 e. The summed E-state index contributed by atoms with van der Waals surface area (Å²) in [5.74, 6) is 0. The molecule has 0 aromatic heterocycles. The second kappa shape index (κ2) is 6.27. The van der Waals surface area contributed by atoms with Gasteiger partial charge in [-0.3, -0.25) is 0 Å². The summed E-state index contributed by atoms with van der Waals surface area (Å²) >= 11 is 0. The van der Waals surface area contributed by atoms with Gasteiger partial charge in [-0.05, 0) is 24.8 Å². The van der Waals surface area contributed by atoms with Crippen molar-refractivity contribution in [2.24, 2.45) is 11.1 Å². The number of halogens is 2. The molecule has 0 unspecified atom stereocenters. The predicted molar refractivity (Wildman–Crippen MR) is 50.9 cm³/mol. The van der Waals surface area contributed by atoms with E-state index in [1.54, 1.807) is 0 Å². The van der Waals surface area contributed by atoms with Gasteiger partial charge in [0.1, 0.15) is 0 Å². The standard InChI is InChI=1S/C9H20F2N2/c1-3-9(4-2,6-12)7-13-5-8(10)11/h8,13H,3-7,12H2,1-2H3. The molecular formula is C9H20F2N2. The van der Waals surface area contributed by atoms with Gasteiger partial charge in [0.2, 0.25) is 0 Å². The Labute approximate surface area is 78.9 Å². The molecule has 0 amide bonds. The van der Waals surface area contributed by atoms with Gasteiger partial charge >= 0.3 is 0 Å². The molecular weight excluding hydrogens is 174 g/mol. The number of rotatable bonds is 7. The normalized spacial score (nSPS) is 12.5. The predicted octanol–water partition coefficient (Wildman–Crippen LogP) is 1.61. The zero-order valence-electron chi connectivity index (χ0n) is 8.45. The van der Waals surface area contributed by atoms with E-state index < -0.39 is 6.43 Å². The largest absolute Gasteiger partial charge is 0.330 e. The molecule has 0 aliphatic heterocycles. The fourth-order valence-electron chi connectivity index (χ4n) is 1.31. The molecule has 0 heterocycles. The van der Waals surface area contributed by atoms with Crippen molar-refractivity contribution in [3.8, 4) is 0 Å². The van der Waals surface area contributed by atoms with Crippen molar-refractivity contribution in [1.82, 2.24) is 5.32 Å². The van der Waals surface area contributed by atoms with Crippen molar-refractivity contribution in [1.29, 1.82) is 0 Å². The van der Waals surface area contributed by atoms with Gasteiger partial charge in [0.05, 0.1) is 6.54 Å². The molecule has 0 aliphatic rings. The van der Waals surface area contributed by atoms with Crippen molar-refractivity contribution < 1.29 is 8.78 Å². The van der Waals surface area contributed by atoms with E-state index in [9.17, 15) is 8.78 Å². The molecule has 4 heteroatoms. The van der Waals surface area contributed by atoms with E-state index in [1.165, 1.54) is 0 Å². The molecule has 0 aromatic carbocycles. The van der Waals surface area contributed by atoms with Gasteiger partial charge in [-0.25, -0.2) is 8.78 Å². The van der Waals surface area contributed by atoms with Gasteiger partial charge in [-0.2, -0.15) is 0 Å². The first-order chi connectivity index (χ1) is 6.10. The SMILES string of the molecule is CCC(CC)(CN)CNCC(F)F. The number of hydrogen-bond donors (Lipinski definition) is 2. The highest BCUT2D eigenvalue weighted by molar-refractivity contribution is 4.79. The molecule has 0 aliphatic carbocycles. The van der Waals surface area contributed by atoms with Crippen LogP contribution in [0.15, 0.2) is 0 Å². The number of alkyl halides is 2. The van der Waals surface area contributed by atoms with Crippen molar-refractivity contribution >= 4 is 0 Å². The monoisotopic (exact) mass is 194 g/mol. The molecule has 0 radical (unpaired) electrons. The minimum Gasteiger partial charge on any atom is -0.330 e. The average Bonchev–Trinajstić information content (AvgIpc) is 2.13. The van der Waals surface area contributed by atoms with Gasteiger partial charge in [-0.1, -0.05) is 13.8 Å². The van der Waals surface area contributed by atoms with Crippen LogP contribution in [0.2, 0.25) is 0 Å². The first-order valence-electron chi connectivity index (χ1n) is 4.79. The second-order valence-corrected chi connectivity index (χ2v) is 3.43. The molecule has 0 saturated heterocycles. The summed E-state index contributed by atoms with van der Waals surface area (Å²) in [5.41, 5.74) is 5.61. The third-order valence-corrected chi connectivity index (χ3v) is 2.73. The molecule has 3 N–H and O–H groups in total. The molecule has 13 heavy (non-hydrogen) atoms. The lowest BCUT2D eigenvalue weighted by Crippen LogP contribution is -2.40. The molecule has 0 aromatic rings. The fraction of sp³-hybridized carbons (Fsp3) is 1.00. The van der Waals surface area contributed by atoms with Crippen LogP contribution in [0.4, 0.5) is 8.78 Å². The van der Waals surface area contributed by atoms with Gasteiger partial charge in [0, 0.05) is 6.54 Å². The highest BCUT2D eigenvalue weighted by atomic mass is 19.3. The van der Waals surface area contributed by atoms with Crippen molar-refractivity contribution in [3.05, 3.63) is 0 Å². The number of hydrogen-bond acceptors (Lipinski definition) is 2.